The van der Waals surface area contributed by atoms with E-state index in [0.29, 0.717) is 0 Å². The summed E-state index contributed by atoms with van der Waals surface area (Å²) in [7, 11) is 2.96. The second-order valence-electron chi connectivity index (χ2n) is 14.9. The zero-order valence-corrected chi connectivity index (χ0v) is 35.2. The number of furan rings is 1. The molecule has 1 atom stereocenters. The largest absolute Gasteiger partial charge is 0.455 e. The van der Waals surface area contributed by atoms with Crippen molar-refractivity contribution in [3.8, 4) is 39.1 Å². The fraction of sp³-hybridized carbons (Fsp3) is 0. The summed E-state index contributed by atoms with van der Waals surface area (Å²) < 4.78 is 10.1. The predicted octanol–water partition coefficient (Wildman–Crippen LogP) is 15.3. The standard InChI is InChI=1S/C54H36IN2OP/c55-48-18-9-19-49-52(48)47-17-8-21-51(59)53(47)57(49)43-13-6-12-39(34-43)37-24-30-41(31-25-37)56(40-28-22-36(23-29-40)35-10-2-1-3-11-35)42-32-26-38(27-33-42)44-15-7-16-46-45-14-4-5-20-50(45)58-54(44)46/h1-34H,59H2. The maximum absolute atomic E-state index is 6.41. The molecule has 0 aliphatic heterocycles. The molecule has 0 saturated carbocycles. The first-order valence-electron chi connectivity index (χ1n) is 19.7. The van der Waals surface area contributed by atoms with E-state index in [1.807, 2.05) is 12.1 Å². The van der Waals surface area contributed by atoms with Gasteiger partial charge in [0.2, 0.25) is 0 Å². The molecular weight excluding hydrogens is 850 g/mol. The number of anilines is 3. The summed E-state index contributed by atoms with van der Waals surface area (Å²) >= 11 is 2.47. The number of hydrogen-bond donors (Lipinski definition) is 0. The van der Waals surface area contributed by atoms with Crippen LogP contribution in [0.15, 0.2) is 211 Å². The smallest absolute Gasteiger partial charge is 0.143 e. The fourth-order valence-corrected chi connectivity index (χ4v) is 9.81. The van der Waals surface area contributed by atoms with Gasteiger partial charge in [-0.15, -0.1) is 9.24 Å². The van der Waals surface area contributed by atoms with Crippen molar-refractivity contribution in [1.82, 2.24) is 4.57 Å². The molecule has 3 nitrogen and oxygen atoms in total. The average molecular weight is 887 g/mol. The first kappa shape index (κ1) is 35.7. The van der Waals surface area contributed by atoms with E-state index in [2.05, 4.69) is 235 Å². The third-order valence-electron chi connectivity index (χ3n) is 11.4. The van der Waals surface area contributed by atoms with Gasteiger partial charge in [0.15, 0.2) is 0 Å². The molecule has 1 unspecified atom stereocenters. The molecule has 0 N–H and O–H groups in total. The van der Waals surface area contributed by atoms with Crippen LogP contribution in [0.4, 0.5) is 17.1 Å². The van der Waals surface area contributed by atoms with Crippen molar-refractivity contribution in [2.45, 2.75) is 0 Å². The van der Waals surface area contributed by atoms with Gasteiger partial charge >= 0.3 is 0 Å². The molecular formula is C54H36IN2OP. The first-order chi connectivity index (χ1) is 29.1. The maximum Gasteiger partial charge on any atom is 0.143 e. The van der Waals surface area contributed by atoms with Gasteiger partial charge in [0.1, 0.15) is 11.2 Å². The van der Waals surface area contributed by atoms with Gasteiger partial charge in [0.05, 0.1) is 11.0 Å². The Morgan fingerprint density at radius 1 is 0.458 bits per heavy atom. The Labute approximate surface area is 358 Å². The third-order valence-corrected chi connectivity index (χ3v) is 12.8. The highest BCUT2D eigenvalue weighted by atomic mass is 127. The number of fused-ring (bicyclic) bond motifs is 6. The van der Waals surface area contributed by atoms with E-state index in [4.69, 9.17) is 4.42 Å². The number of benzene rings is 9. The Bertz CT molecular complexity index is 3330. The van der Waals surface area contributed by atoms with Crippen molar-refractivity contribution in [2.24, 2.45) is 0 Å². The van der Waals surface area contributed by atoms with E-state index >= 15 is 0 Å². The summed E-state index contributed by atoms with van der Waals surface area (Å²) in [5, 5.41) is 6.01. The van der Waals surface area contributed by atoms with E-state index in [0.717, 1.165) is 61.4 Å². The third kappa shape index (κ3) is 6.23. The van der Waals surface area contributed by atoms with Crippen LogP contribution in [-0.4, -0.2) is 4.57 Å². The minimum absolute atomic E-state index is 0.905. The molecule has 0 saturated heterocycles. The van der Waals surface area contributed by atoms with Crippen LogP contribution in [0.5, 0.6) is 0 Å². The van der Waals surface area contributed by atoms with Gasteiger partial charge in [0, 0.05) is 53.4 Å². The Morgan fingerprint density at radius 2 is 1.02 bits per heavy atom. The fourth-order valence-electron chi connectivity index (χ4n) is 8.64. The molecule has 0 aliphatic rings. The lowest BCUT2D eigenvalue weighted by Crippen LogP contribution is -2.09. The van der Waals surface area contributed by atoms with Crippen LogP contribution in [0.25, 0.3) is 82.8 Å². The average Bonchev–Trinajstić information content (AvgIpc) is 3.85. The highest BCUT2D eigenvalue weighted by molar-refractivity contribution is 14.1. The lowest BCUT2D eigenvalue weighted by molar-refractivity contribution is 0.670. The van der Waals surface area contributed by atoms with E-state index in [1.165, 1.54) is 47.4 Å². The molecule has 0 spiro atoms. The number of halogens is 1. The van der Waals surface area contributed by atoms with Crippen molar-refractivity contribution in [1.29, 1.82) is 0 Å². The maximum atomic E-state index is 6.41. The van der Waals surface area contributed by atoms with Gasteiger partial charge in [0.25, 0.3) is 0 Å². The Kier molecular flexibility index (Phi) is 8.91. The number of hydrogen-bond acceptors (Lipinski definition) is 2. The lowest BCUT2D eigenvalue weighted by atomic mass is 10.0. The summed E-state index contributed by atoms with van der Waals surface area (Å²) in [6, 6.07) is 73.9. The van der Waals surface area contributed by atoms with Crippen molar-refractivity contribution in [3.63, 3.8) is 0 Å². The molecule has 2 aromatic heterocycles. The highest BCUT2D eigenvalue weighted by Gasteiger charge is 2.18. The van der Waals surface area contributed by atoms with Gasteiger partial charge in [-0.05, 0) is 122 Å². The van der Waals surface area contributed by atoms with Crippen LogP contribution in [0.3, 0.4) is 0 Å². The number of para-hydroxylation sites is 3. The molecule has 0 radical (unpaired) electrons. The summed E-state index contributed by atoms with van der Waals surface area (Å²) in [4.78, 5) is 2.33. The quantitative estimate of drug-likeness (QED) is 0.117. The van der Waals surface area contributed by atoms with E-state index in [1.54, 1.807) is 0 Å². The number of nitrogens with zero attached hydrogens (tertiary/aromatic N) is 2. The molecule has 0 bridgehead atoms. The molecule has 2 heterocycles. The minimum Gasteiger partial charge on any atom is -0.455 e. The molecule has 11 aromatic rings. The summed E-state index contributed by atoms with van der Waals surface area (Å²) in [6.07, 6.45) is 0. The van der Waals surface area contributed by atoms with Crippen LogP contribution in [0, 0.1) is 3.57 Å². The second-order valence-corrected chi connectivity index (χ2v) is 16.7. The molecule has 0 fully saturated rings. The first-order valence-corrected chi connectivity index (χ1v) is 21.4. The lowest BCUT2D eigenvalue weighted by Gasteiger charge is -2.26. The molecule has 5 heteroatoms. The molecule has 59 heavy (non-hydrogen) atoms. The van der Waals surface area contributed by atoms with Crippen LogP contribution >= 0.6 is 31.8 Å². The monoisotopic (exact) mass is 886 g/mol. The Morgan fingerprint density at radius 3 is 1.76 bits per heavy atom. The zero-order chi connectivity index (χ0) is 39.5. The van der Waals surface area contributed by atoms with E-state index in [-0.39, 0.29) is 0 Å². The van der Waals surface area contributed by atoms with Gasteiger partial charge in [-0.25, -0.2) is 0 Å². The highest BCUT2D eigenvalue weighted by Crippen LogP contribution is 2.41. The van der Waals surface area contributed by atoms with E-state index in [9.17, 15) is 0 Å². The van der Waals surface area contributed by atoms with Crippen LogP contribution in [-0.2, 0) is 0 Å². The number of aromatic nitrogens is 1. The summed E-state index contributed by atoms with van der Waals surface area (Å²) in [5.41, 5.74) is 15.5. The van der Waals surface area contributed by atoms with E-state index < -0.39 is 0 Å². The van der Waals surface area contributed by atoms with Crippen LogP contribution < -0.4 is 10.2 Å². The van der Waals surface area contributed by atoms with Crippen molar-refractivity contribution in [2.75, 3.05) is 4.90 Å². The second kappa shape index (κ2) is 14.7. The Balaban J connectivity index is 0.981. The molecule has 280 valence electrons. The number of rotatable bonds is 7. The predicted molar refractivity (Wildman–Crippen MR) is 261 cm³/mol. The Hall–Kier alpha value is -6.46. The summed E-state index contributed by atoms with van der Waals surface area (Å²) in [6.45, 7) is 0. The van der Waals surface area contributed by atoms with Crippen molar-refractivity contribution < 1.29 is 4.42 Å². The zero-order valence-electron chi connectivity index (χ0n) is 31.9. The van der Waals surface area contributed by atoms with Gasteiger partial charge < -0.3 is 13.9 Å². The molecule has 9 aromatic carbocycles. The van der Waals surface area contributed by atoms with Crippen molar-refractivity contribution in [3.05, 3.63) is 210 Å². The minimum atomic E-state index is 0.905. The topological polar surface area (TPSA) is 21.3 Å². The SMILES string of the molecule is Pc1cccc2c3c(I)cccc3n(-c3cccc(-c4ccc(N(c5ccc(-c6ccccc6)cc5)c5ccc(-c6cccc7c6oc6ccccc67)cc5)cc4)c3)c12. The molecule has 0 aliphatic carbocycles. The van der Waals surface area contributed by atoms with Crippen LogP contribution in [0.1, 0.15) is 0 Å². The van der Waals surface area contributed by atoms with Gasteiger partial charge in [-0.3, -0.25) is 0 Å². The van der Waals surface area contributed by atoms with Gasteiger partial charge in [-0.2, -0.15) is 0 Å². The summed E-state index contributed by atoms with van der Waals surface area (Å²) in [5.74, 6) is 0. The van der Waals surface area contributed by atoms with Crippen LogP contribution in [0.2, 0.25) is 0 Å². The molecule has 0 amide bonds. The van der Waals surface area contributed by atoms with Gasteiger partial charge in [-0.1, -0.05) is 140 Å². The van der Waals surface area contributed by atoms with Crippen molar-refractivity contribution >= 4 is 97.9 Å². The molecule has 11 rings (SSSR count). The normalized spacial score (nSPS) is 11.6.